The topological polar surface area (TPSA) is 56.3 Å². The fourth-order valence-corrected chi connectivity index (χ4v) is 4.35. The molecule has 2 fully saturated rings. The van der Waals surface area contributed by atoms with Gasteiger partial charge in [0, 0.05) is 37.9 Å². The number of piperazine rings is 1. The number of nitrogens with zero attached hydrogens (tertiary/aromatic N) is 4. The molecule has 10 heteroatoms. The maximum Gasteiger partial charge on any atom is 0.471 e. The molecule has 0 radical (unpaired) electrons. The number of piperidine rings is 1. The summed E-state index contributed by atoms with van der Waals surface area (Å²) in [5.41, 5.74) is -0.230. The molecule has 3 rings (SSSR count). The molecule has 0 N–H and O–H groups in total. The zero-order valence-electron chi connectivity index (χ0n) is 20.6. The number of ether oxygens (including phenoxy) is 1. The first-order valence-corrected chi connectivity index (χ1v) is 11.7. The van der Waals surface area contributed by atoms with Crippen LogP contribution in [-0.4, -0.2) is 92.9 Å². The average Bonchev–Trinajstić information content (AvgIpc) is 2.74. The first-order valence-electron chi connectivity index (χ1n) is 11.7. The largest absolute Gasteiger partial charge is 0.471 e. The summed E-state index contributed by atoms with van der Waals surface area (Å²) >= 11 is 0. The van der Waals surface area contributed by atoms with Gasteiger partial charge in [-0.25, -0.2) is 4.79 Å². The third-order valence-corrected chi connectivity index (χ3v) is 6.24. The van der Waals surface area contributed by atoms with E-state index in [0.717, 1.165) is 18.0 Å². The number of halogens is 3. The molecule has 1 aromatic carbocycles. The van der Waals surface area contributed by atoms with E-state index >= 15 is 0 Å². The first-order chi connectivity index (χ1) is 15.8. The quantitative estimate of drug-likeness (QED) is 0.611. The summed E-state index contributed by atoms with van der Waals surface area (Å²) in [6, 6.07) is 4.09. The summed E-state index contributed by atoms with van der Waals surface area (Å²) in [4.78, 5) is 32.9. The zero-order chi connectivity index (χ0) is 25.3. The van der Waals surface area contributed by atoms with Crippen molar-refractivity contribution in [3.8, 4) is 0 Å². The van der Waals surface area contributed by atoms with Crippen LogP contribution in [0.2, 0.25) is 0 Å². The summed E-state index contributed by atoms with van der Waals surface area (Å²) < 4.78 is 46.9. The van der Waals surface area contributed by atoms with Crippen LogP contribution < -0.4 is 9.80 Å². The van der Waals surface area contributed by atoms with Gasteiger partial charge in [0.2, 0.25) is 0 Å². The van der Waals surface area contributed by atoms with E-state index in [4.69, 9.17) is 4.74 Å². The SMILES string of the molecule is CN1CCC(N(C(=O)C(F)(F)F)c2cc(N3CCN(C)CC3)ccc2C(=O)OC(C)(C)C)CC1. The minimum atomic E-state index is -5.07. The van der Waals surface area contributed by atoms with E-state index in [2.05, 4.69) is 9.80 Å². The van der Waals surface area contributed by atoms with Crippen molar-refractivity contribution < 1.29 is 27.5 Å². The van der Waals surface area contributed by atoms with E-state index < -0.39 is 29.7 Å². The maximum absolute atomic E-state index is 13.8. The fraction of sp³-hybridized carbons (Fsp3) is 0.667. The number of carbonyl (C=O) groups is 2. The number of benzene rings is 1. The lowest BCUT2D eigenvalue weighted by Gasteiger charge is -2.39. The monoisotopic (exact) mass is 484 g/mol. The second kappa shape index (κ2) is 10.1. The molecule has 0 atom stereocenters. The molecule has 0 bridgehead atoms. The van der Waals surface area contributed by atoms with Crippen molar-refractivity contribution in [1.29, 1.82) is 0 Å². The van der Waals surface area contributed by atoms with Crippen molar-refractivity contribution in [2.24, 2.45) is 0 Å². The second-order valence-corrected chi connectivity index (χ2v) is 10.2. The highest BCUT2D eigenvalue weighted by Crippen LogP contribution is 2.35. The number of likely N-dealkylation sites (tertiary alicyclic amines) is 1. The number of anilines is 2. The van der Waals surface area contributed by atoms with Crippen LogP contribution in [0.25, 0.3) is 0 Å². The van der Waals surface area contributed by atoms with Crippen LogP contribution in [0.15, 0.2) is 18.2 Å². The summed E-state index contributed by atoms with van der Waals surface area (Å²) in [6.07, 6.45) is -4.31. The van der Waals surface area contributed by atoms with Crippen LogP contribution in [0, 0.1) is 0 Å². The number of amides is 1. The molecule has 1 amide bonds. The molecule has 0 unspecified atom stereocenters. The number of esters is 1. The first kappa shape index (κ1) is 26.3. The molecule has 2 aliphatic heterocycles. The Labute approximate surface area is 199 Å². The predicted octanol–water partition coefficient (Wildman–Crippen LogP) is 3.38. The van der Waals surface area contributed by atoms with E-state index in [1.807, 2.05) is 19.0 Å². The lowest BCUT2D eigenvalue weighted by atomic mass is 10.00. The molecule has 0 saturated carbocycles. The van der Waals surface area contributed by atoms with E-state index in [1.54, 1.807) is 32.9 Å². The molecular formula is C24H35F3N4O3. The molecule has 7 nitrogen and oxygen atoms in total. The van der Waals surface area contributed by atoms with Gasteiger partial charge in [-0.1, -0.05) is 0 Å². The lowest BCUT2D eigenvalue weighted by Crippen LogP contribution is -2.52. The molecular weight excluding hydrogens is 449 g/mol. The summed E-state index contributed by atoms with van der Waals surface area (Å²) in [7, 11) is 3.91. The van der Waals surface area contributed by atoms with Gasteiger partial charge in [0.1, 0.15) is 5.60 Å². The van der Waals surface area contributed by atoms with Crippen LogP contribution in [-0.2, 0) is 9.53 Å². The highest BCUT2D eigenvalue weighted by Gasteiger charge is 2.47. The van der Waals surface area contributed by atoms with Gasteiger partial charge in [-0.2, -0.15) is 13.2 Å². The predicted molar refractivity (Wildman–Crippen MR) is 125 cm³/mol. The Morgan fingerprint density at radius 3 is 2.03 bits per heavy atom. The second-order valence-electron chi connectivity index (χ2n) is 10.2. The van der Waals surface area contributed by atoms with Crippen molar-refractivity contribution >= 4 is 23.3 Å². The van der Waals surface area contributed by atoms with E-state index in [0.29, 0.717) is 44.7 Å². The Balaban J connectivity index is 2.10. The van der Waals surface area contributed by atoms with Crippen LogP contribution in [0.5, 0.6) is 0 Å². The van der Waals surface area contributed by atoms with Crippen LogP contribution >= 0.6 is 0 Å². The van der Waals surface area contributed by atoms with Crippen LogP contribution in [0.4, 0.5) is 24.5 Å². The summed E-state index contributed by atoms with van der Waals surface area (Å²) in [5.74, 6) is -2.71. The van der Waals surface area contributed by atoms with Gasteiger partial charge < -0.3 is 24.3 Å². The van der Waals surface area contributed by atoms with Gasteiger partial charge in [0.15, 0.2) is 0 Å². The number of likely N-dealkylation sites (N-methyl/N-ethyl adjacent to an activating group) is 1. The normalized spacial score (nSPS) is 19.2. The van der Waals surface area contributed by atoms with Gasteiger partial charge in [-0.3, -0.25) is 4.79 Å². The van der Waals surface area contributed by atoms with E-state index in [-0.39, 0.29) is 11.3 Å². The van der Waals surface area contributed by atoms with Crippen LogP contribution in [0.1, 0.15) is 44.0 Å². The minimum Gasteiger partial charge on any atom is -0.456 e. The van der Waals surface area contributed by atoms with Crippen LogP contribution in [0.3, 0.4) is 0 Å². The Hall–Kier alpha value is -2.33. The zero-order valence-corrected chi connectivity index (χ0v) is 20.6. The molecule has 0 aromatic heterocycles. The van der Waals surface area contributed by atoms with E-state index in [9.17, 15) is 22.8 Å². The minimum absolute atomic E-state index is 0.0377. The Morgan fingerprint density at radius 2 is 1.50 bits per heavy atom. The fourth-order valence-electron chi connectivity index (χ4n) is 4.35. The van der Waals surface area contributed by atoms with Gasteiger partial charge in [-0.15, -0.1) is 0 Å². The molecule has 0 spiro atoms. The Kier molecular flexibility index (Phi) is 7.82. The van der Waals surface area contributed by atoms with E-state index in [1.165, 1.54) is 6.07 Å². The molecule has 2 saturated heterocycles. The third kappa shape index (κ3) is 6.41. The highest BCUT2D eigenvalue weighted by atomic mass is 19.4. The van der Waals surface area contributed by atoms with Gasteiger partial charge in [-0.05, 0) is 79.0 Å². The van der Waals surface area contributed by atoms with Gasteiger partial charge >= 0.3 is 18.1 Å². The summed E-state index contributed by atoms with van der Waals surface area (Å²) in [6.45, 7) is 9.22. The smallest absolute Gasteiger partial charge is 0.456 e. The number of hydrogen-bond donors (Lipinski definition) is 0. The molecule has 0 aliphatic carbocycles. The molecule has 2 aliphatic rings. The Morgan fingerprint density at radius 1 is 0.941 bits per heavy atom. The summed E-state index contributed by atoms with van der Waals surface area (Å²) in [5, 5.41) is 0. The molecule has 1 aromatic rings. The van der Waals surface area contributed by atoms with Crippen molar-refractivity contribution in [1.82, 2.24) is 9.80 Å². The van der Waals surface area contributed by atoms with Gasteiger partial charge in [0.25, 0.3) is 0 Å². The average molecular weight is 485 g/mol. The molecule has 190 valence electrons. The number of alkyl halides is 3. The van der Waals surface area contributed by atoms with Gasteiger partial charge in [0.05, 0.1) is 11.3 Å². The lowest BCUT2D eigenvalue weighted by molar-refractivity contribution is -0.171. The molecule has 2 heterocycles. The highest BCUT2D eigenvalue weighted by molar-refractivity contribution is 6.05. The Bertz CT molecular complexity index is 884. The standard InChI is InChI=1S/C24H35F3N4O3/c1-23(2,3)34-21(32)19-7-6-18(30-14-12-29(5)13-15-30)16-20(19)31(22(33)24(25,26)27)17-8-10-28(4)11-9-17/h6-7,16-17H,8-15H2,1-5H3. The number of hydrogen-bond acceptors (Lipinski definition) is 6. The molecule has 34 heavy (non-hydrogen) atoms. The van der Waals surface area contributed by atoms with Crippen molar-refractivity contribution in [3.63, 3.8) is 0 Å². The van der Waals surface area contributed by atoms with Crippen molar-refractivity contribution in [2.75, 3.05) is 63.2 Å². The number of carbonyl (C=O) groups excluding carboxylic acids is 2. The van der Waals surface area contributed by atoms with Crippen molar-refractivity contribution in [3.05, 3.63) is 23.8 Å². The third-order valence-electron chi connectivity index (χ3n) is 6.24. The number of rotatable bonds is 4. The van der Waals surface area contributed by atoms with Crippen molar-refractivity contribution in [2.45, 2.75) is 51.4 Å². The maximum atomic E-state index is 13.8.